The van der Waals surface area contributed by atoms with Crippen molar-refractivity contribution in [3.8, 4) is 0 Å². The lowest BCUT2D eigenvalue weighted by Crippen LogP contribution is -2.24. The Hall–Kier alpha value is -0.590. The van der Waals surface area contributed by atoms with E-state index >= 15 is 0 Å². The van der Waals surface area contributed by atoms with Gasteiger partial charge in [0.05, 0.1) is 0 Å². The van der Waals surface area contributed by atoms with E-state index < -0.39 is 0 Å². The van der Waals surface area contributed by atoms with Gasteiger partial charge in [-0.15, -0.1) is 0 Å². The summed E-state index contributed by atoms with van der Waals surface area (Å²) in [7, 11) is 0. The first kappa shape index (κ1) is 9.41. The summed E-state index contributed by atoms with van der Waals surface area (Å²) >= 11 is 0. The monoisotopic (exact) mass is 140 g/mol. The highest BCUT2D eigenvalue weighted by Crippen LogP contribution is 2.25. The topological polar surface area (TPSA) is 17.1 Å². The highest BCUT2D eigenvalue weighted by atomic mass is 16.1. The van der Waals surface area contributed by atoms with Crippen LogP contribution in [0.2, 0.25) is 0 Å². The van der Waals surface area contributed by atoms with Crippen molar-refractivity contribution >= 4 is 5.78 Å². The number of allylic oxidation sites excluding steroid dienone is 1. The second-order valence-electron chi connectivity index (χ2n) is 3.69. The van der Waals surface area contributed by atoms with Gasteiger partial charge < -0.3 is 0 Å². The normalized spacial score (nSPS) is 14.4. The third-order valence-electron chi connectivity index (χ3n) is 1.93. The molecule has 1 unspecified atom stereocenters. The maximum atomic E-state index is 11.0. The highest BCUT2D eigenvalue weighted by Gasteiger charge is 2.24. The first-order valence-electron chi connectivity index (χ1n) is 3.56. The predicted octanol–water partition coefficient (Wildman–Crippen LogP) is 2.42. The number of ketones is 1. The Labute approximate surface area is 63.1 Å². The van der Waals surface area contributed by atoms with E-state index in [1.54, 1.807) is 0 Å². The number of hydrogen-bond acceptors (Lipinski definition) is 1. The van der Waals surface area contributed by atoms with E-state index in [0.29, 0.717) is 0 Å². The van der Waals surface area contributed by atoms with Crippen LogP contribution in [0.4, 0.5) is 0 Å². The van der Waals surface area contributed by atoms with E-state index in [4.69, 9.17) is 0 Å². The Kier molecular flexibility index (Phi) is 2.82. The first-order chi connectivity index (χ1) is 4.39. The summed E-state index contributed by atoms with van der Waals surface area (Å²) in [6.45, 7) is 11.5. The fourth-order valence-electron chi connectivity index (χ4n) is 0.604. The molecule has 0 radical (unpaired) electrons. The molecule has 0 aromatic carbocycles. The van der Waals surface area contributed by atoms with Gasteiger partial charge in [0, 0.05) is 5.92 Å². The van der Waals surface area contributed by atoms with Crippen molar-refractivity contribution in [2.75, 3.05) is 0 Å². The smallest absolute Gasteiger partial charge is 0.158 e. The minimum absolute atomic E-state index is 0.0608. The summed E-state index contributed by atoms with van der Waals surface area (Å²) in [5.74, 6) is 0.206. The van der Waals surface area contributed by atoms with E-state index in [-0.39, 0.29) is 17.1 Å². The summed E-state index contributed by atoms with van der Waals surface area (Å²) < 4.78 is 0. The van der Waals surface area contributed by atoms with Gasteiger partial charge in [-0.1, -0.05) is 34.3 Å². The van der Waals surface area contributed by atoms with Gasteiger partial charge in [-0.05, 0) is 11.5 Å². The van der Waals surface area contributed by atoms with Crippen LogP contribution in [0.1, 0.15) is 27.7 Å². The average Bonchev–Trinajstić information content (AvgIpc) is 1.83. The predicted molar refractivity (Wildman–Crippen MR) is 43.8 cm³/mol. The molecule has 58 valence electrons. The first-order valence-corrected chi connectivity index (χ1v) is 3.56. The largest absolute Gasteiger partial charge is 0.295 e. The Bertz CT molecular complexity index is 139. The summed E-state index contributed by atoms with van der Waals surface area (Å²) in [4.78, 5) is 11.0. The number of carbonyl (C=O) groups is 1. The molecule has 0 aromatic heterocycles. The molecule has 1 nitrogen and oxygen atoms in total. The minimum Gasteiger partial charge on any atom is -0.295 e. The van der Waals surface area contributed by atoms with Crippen molar-refractivity contribution < 1.29 is 4.79 Å². The molecule has 1 atom stereocenters. The van der Waals surface area contributed by atoms with Crippen molar-refractivity contribution in [1.29, 1.82) is 0 Å². The quantitative estimate of drug-likeness (QED) is 0.538. The Balaban J connectivity index is 4.21. The molecule has 1 heteroatoms. The number of carbonyl (C=O) groups excluding carboxylic acids is 1. The fraction of sp³-hybridized carbons (Fsp3) is 0.667. The van der Waals surface area contributed by atoms with Crippen LogP contribution in [-0.4, -0.2) is 5.78 Å². The number of rotatable bonds is 2. The maximum absolute atomic E-state index is 11.0. The lowest BCUT2D eigenvalue weighted by atomic mass is 9.79. The van der Waals surface area contributed by atoms with Crippen molar-refractivity contribution in [2.45, 2.75) is 27.7 Å². The summed E-state index contributed by atoms with van der Waals surface area (Å²) in [6.07, 6.45) is 1.40. The molecular weight excluding hydrogens is 124 g/mol. The molecule has 0 heterocycles. The van der Waals surface area contributed by atoms with E-state index in [0.717, 1.165) is 0 Å². The van der Waals surface area contributed by atoms with Crippen molar-refractivity contribution in [3.05, 3.63) is 12.7 Å². The van der Waals surface area contributed by atoms with Gasteiger partial charge in [0.25, 0.3) is 0 Å². The summed E-state index contributed by atoms with van der Waals surface area (Å²) in [5.41, 5.74) is 0.0608. The fourth-order valence-corrected chi connectivity index (χ4v) is 0.604. The molecule has 0 rings (SSSR count). The zero-order valence-electron chi connectivity index (χ0n) is 7.27. The maximum Gasteiger partial charge on any atom is 0.158 e. The van der Waals surface area contributed by atoms with Gasteiger partial charge in [-0.2, -0.15) is 0 Å². The summed E-state index contributed by atoms with van der Waals surface area (Å²) in [5, 5.41) is 0. The molecule has 0 bridgehead atoms. The number of hydrogen-bond donors (Lipinski definition) is 0. The zero-order chi connectivity index (χ0) is 8.36. The van der Waals surface area contributed by atoms with Gasteiger partial charge in [0.2, 0.25) is 0 Å². The van der Waals surface area contributed by atoms with Gasteiger partial charge in [-0.3, -0.25) is 4.79 Å². The SMILES string of the molecule is C=CC(=O)C(C)C(C)(C)C. The average molecular weight is 140 g/mol. The van der Waals surface area contributed by atoms with Gasteiger partial charge >= 0.3 is 0 Å². The Morgan fingerprint density at radius 2 is 1.90 bits per heavy atom. The minimum atomic E-state index is 0.0608. The van der Waals surface area contributed by atoms with Crippen LogP contribution < -0.4 is 0 Å². The molecule has 0 fully saturated rings. The van der Waals surface area contributed by atoms with Crippen LogP contribution in [0.3, 0.4) is 0 Å². The van der Waals surface area contributed by atoms with E-state index in [9.17, 15) is 4.79 Å². The second-order valence-corrected chi connectivity index (χ2v) is 3.69. The van der Waals surface area contributed by atoms with Gasteiger partial charge in [0.15, 0.2) is 5.78 Å². The van der Waals surface area contributed by atoms with Crippen molar-refractivity contribution in [3.63, 3.8) is 0 Å². The van der Waals surface area contributed by atoms with Crippen LogP contribution >= 0.6 is 0 Å². The molecule has 0 aliphatic heterocycles. The zero-order valence-corrected chi connectivity index (χ0v) is 7.27. The molecule has 0 amide bonds. The molecule has 0 saturated heterocycles. The molecular formula is C9H16O. The Morgan fingerprint density at radius 1 is 1.50 bits per heavy atom. The van der Waals surface area contributed by atoms with Crippen molar-refractivity contribution in [1.82, 2.24) is 0 Å². The molecule has 0 spiro atoms. The third kappa shape index (κ3) is 2.34. The third-order valence-corrected chi connectivity index (χ3v) is 1.93. The molecule has 0 saturated carbocycles. The van der Waals surface area contributed by atoms with Crippen LogP contribution in [0.25, 0.3) is 0 Å². The highest BCUT2D eigenvalue weighted by molar-refractivity contribution is 5.91. The molecule has 10 heavy (non-hydrogen) atoms. The standard InChI is InChI=1S/C9H16O/c1-6-8(10)7(2)9(3,4)5/h6-7H,1H2,2-5H3. The van der Waals surface area contributed by atoms with Crippen LogP contribution in [0.5, 0.6) is 0 Å². The summed E-state index contributed by atoms with van der Waals surface area (Å²) in [6, 6.07) is 0. The molecule has 0 aromatic rings. The van der Waals surface area contributed by atoms with Gasteiger partial charge in [0.1, 0.15) is 0 Å². The lowest BCUT2D eigenvalue weighted by Gasteiger charge is -2.24. The molecule has 0 aliphatic rings. The van der Waals surface area contributed by atoms with Crippen LogP contribution in [-0.2, 0) is 4.79 Å². The van der Waals surface area contributed by atoms with Crippen LogP contribution in [0.15, 0.2) is 12.7 Å². The second kappa shape index (κ2) is 3.00. The molecule has 0 aliphatic carbocycles. The van der Waals surface area contributed by atoms with E-state index in [2.05, 4.69) is 27.4 Å². The van der Waals surface area contributed by atoms with Gasteiger partial charge in [-0.25, -0.2) is 0 Å². The lowest BCUT2D eigenvalue weighted by molar-refractivity contribution is -0.120. The van der Waals surface area contributed by atoms with Crippen LogP contribution in [0, 0.1) is 11.3 Å². The van der Waals surface area contributed by atoms with Crippen molar-refractivity contribution in [2.24, 2.45) is 11.3 Å². The van der Waals surface area contributed by atoms with E-state index in [1.807, 2.05) is 6.92 Å². The Morgan fingerprint density at radius 3 is 2.00 bits per heavy atom. The van der Waals surface area contributed by atoms with E-state index in [1.165, 1.54) is 6.08 Å². The molecule has 0 N–H and O–H groups in total.